The van der Waals surface area contributed by atoms with Gasteiger partial charge in [-0.2, -0.15) is 0 Å². The summed E-state index contributed by atoms with van der Waals surface area (Å²) in [5.41, 5.74) is 2.54. The molecule has 2 atom stereocenters. The smallest absolute Gasteiger partial charge is 0.225 e. The summed E-state index contributed by atoms with van der Waals surface area (Å²) in [7, 11) is 2.19. The molecule has 3 aliphatic heterocycles. The van der Waals surface area contributed by atoms with E-state index in [1.165, 1.54) is 24.0 Å². The van der Waals surface area contributed by atoms with E-state index in [9.17, 15) is 0 Å². The van der Waals surface area contributed by atoms with Crippen molar-refractivity contribution in [2.75, 3.05) is 38.3 Å². The number of hydrogen-bond acceptors (Lipinski definition) is 5. The maximum atomic E-state index is 5.65. The predicted octanol–water partition coefficient (Wildman–Crippen LogP) is 1.56. The molecule has 4 rings (SSSR count). The van der Waals surface area contributed by atoms with Gasteiger partial charge in [-0.15, -0.1) is 0 Å². The molecule has 112 valence electrons. The van der Waals surface area contributed by atoms with E-state index in [-0.39, 0.29) is 0 Å². The monoisotopic (exact) mass is 286 g/mol. The van der Waals surface area contributed by atoms with Gasteiger partial charge in [-0.05, 0) is 31.9 Å². The number of aromatic nitrogens is 2. The lowest BCUT2D eigenvalue weighted by Crippen LogP contribution is -2.51. The molecule has 0 spiro atoms. The summed E-state index contributed by atoms with van der Waals surface area (Å²) in [5.74, 6) is 0.883. The number of ether oxygens (including phenoxy) is 1. The Morgan fingerprint density at radius 2 is 1.90 bits per heavy atom. The van der Waals surface area contributed by atoms with Crippen LogP contribution >= 0.6 is 0 Å². The fourth-order valence-corrected chi connectivity index (χ4v) is 3.54. The van der Waals surface area contributed by atoms with Crippen LogP contribution in [0.4, 0.5) is 5.95 Å². The largest absolute Gasteiger partial charge is 0.378 e. The van der Waals surface area contributed by atoms with Crippen LogP contribution in [-0.2, 0) is 4.74 Å². The number of likely N-dealkylation sites (N-methyl/N-ethyl adjacent to an activating group) is 1. The van der Waals surface area contributed by atoms with Gasteiger partial charge in [0, 0.05) is 37.1 Å². The van der Waals surface area contributed by atoms with Crippen LogP contribution in [0.5, 0.6) is 0 Å². The molecule has 0 aliphatic carbocycles. The van der Waals surface area contributed by atoms with Crippen molar-refractivity contribution in [3.05, 3.63) is 24.0 Å². The third kappa shape index (κ3) is 2.45. The summed E-state index contributed by atoms with van der Waals surface area (Å²) in [6.45, 7) is 3.81. The van der Waals surface area contributed by atoms with Crippen LogP contribution in [0.25, 0.3) is 5.57 Å². The number of nitrogens with zero attached hydrogens (tertiary/aromatic N) is 4. The van der Waals surface area contributed by atoms with Gasteiger partial charge in [0.2, 0.25) is 5.95 Å². The average molecular weight is 286 g/mol. The Kier molecular flexibility index (Phi) is 3.39. The van der Waals surface area contributed by atoms with E-state index in [1.54, 1.807) is 0 Å². The van der Waals surface area contributed by atoms with Crippen LogP contribution in [-0.4, -0.2) is 60.3 Å². The molecule has 21 heavy (non-hydrogen) atoms. The first-order valence-electron chi connectivity index (χ1n) is 7.89. The molecule has 2 bridgehead atoms. The number of morpholine rings is 1. The van der Waals surface area contributed by atoms with Gasteiger partial charge < -0.3 is 9.64 Å². The standard InChI is InChI=1S/C16H22N4O/c1-19-14-6-12(7-15(19)11-21-10-14)13-8-17-16(18-9-13)20-4-2-3-5-20/h6,8-9,14-15H,2-5,7,10-11H2,1H3. The molecule has 1 aromatic rings. The van der Waals surface area contributed by atoms with E-state index in [0.717, 1.165) is 38.7 Å². The molecule has 0 radical (unpaired) electrons. The fraction of sp³-hybridized carbons (Fsp3) is 0.625. The second-order valence-corrected chi connectivity index (χ2v) is 6.29. The molecular weight excluding hydrogens is 264 g/mol. The minimum absolute atomic E-state index is 0.394. The normalized spacial score (nSPS) is 29.6. The van der Waals surface area contributed by atoms with Crippen LogP contribution < -0.4 is 4.90 Å². The molecule has 4 heterocycles. The Hall–Kier alpha value is -1.46. The lowest BCUT2D eigenvalue weighted by Gasteiger charge is -2.42. The molecular formula is C16H22N4O. The van der Waals surface area contributed by atoms with Crippen molar-refractivity contribution in [3.63, 3.8) is 0 Å². The zero-order valence-corrected chi connectivity index (χ0v) is 12.5. The third-order valence-electron chi connectivity index (χ3n) is 4.94. The first-order chi connectivity index (χ1) is 10.3. The molecule has 0 N–H and O–H groups in total. The Balaban J connectivity index is 1.56. The summed E-state index contributed by atoms with van der Waals surface area (Å²) in [5, 5.41) is 0. The quantitative estimate of drug-likeness (QED) is 0.825. The third-order valence-corrected chi connectivity index (χ3v) is 4.94. The maximum Gasteiger partial charge on any atom is 0.225 e. The molecule has 0 amide bonds. The summed E-state index contributed by atoms with van der Waals surface area (Å²) in [6.07, 6.45) is 9.85. The molecule has 2 saturated heterocycles. The lowest BCUT2D eigenvalue weighted by atomic mass is 9.91. The van der Waals surface area contributed by atoms with Crippen molar-refractivity contribution in [3.8, 4) is 0 Å². The molecule has 5 heteroatoms. The second kappa shape index (κ2) is 5.39. The van der Waals surface area contributed by atoms with Crippen molar-refractivity contribution in [1.82, 2.24) is 14.9 Å². The number of rotatable bonds is 2. The summed E-state index contributed by atoms with van der Waals surface area (Å²) in [4.78, 5) is 13.9. The first-order valence-corrected chi connectivity index (χ1v) is 7.89. The summed E-state index contributed by atoms with van der Waals surface area (Å²) < 4.78 is 5.65. The first kappa shape index (κ1) is 13.2. The van der Waals surface area contributed by atoms with Gasteiger partial charge in [0.05, 0.1) is 19.3 Å². The van der Waals surface area contributed by atoms with Crippen LogP contribution in [0.3, 0.4) is 0 Å². The van der Waals surface area contributed by atoms with Gasteiger partial charge in [0.1, 0.15) is 0 Å². The zero-order chi connectivity index (χ0) is 14.2. The fourth-order valence-electron chi connectivity index (χ4n) is 3.54. The van der Waals surface area contributed by atoms with Crippen LogP contribution in [0.15, 0.2) is 18.5 Å². The highest BCUT2D eigenvalue weighted by Gasteiger charge is 2.32. The van der Waals surface area contributed by atoms with Crippen molar-refractivity contribution >= 4 is 11.5 Å². The van der Waals surface area contributed by atoms with E-state index in [1.807, 2.05) is 12.4 Å². The van der Waals surface area contributed by atoms with Crippen LogP contribution in [0.1, 0.15) is 24.8 Å². The van der Waals surface area contributed by atoms with E-state index >= 15 is 0 Å². The summed E-state index contributed by atoms with van der Waals surface area (Å²) in [6, 6.07) is 0.882. The van der Waals surface area contributed by atoms with E-state index in [4.69, 9.17) is 4.74 Å². The Bertz CT molecular complexity index is 536. The molecule has 5 nitrogen and oxygen atoms in total. The molecule has 3 aliphatic rings. The van der Waals surface area contributed by atoms with Crippen molar-refractivity contribution in [2.24, 2.45) is 0 Å². The maximum absolute atomic E-state index is 5.65. The SMILES string of the molecule is CN1C2C=C(c3cnc(N4CCCC4)nc3)CC1COC2. The van der Waals surface area contributed by atoms with Crippen LogP contribution in [0.2, 0.25) is 0 Å². The van der Waals surface area contributed by atoms with E-state index in [0.29, 0.717) is 12.1 Å². The number of hydrogen-bond donors (Lipinski definition) is 0. The topological polar surface area (TPSA) is 41.5 Å². The molecule has 0 aromatic carbocycles. The van der Waals surface area contributed by atoms with Gasteiger partial charge in [-0.1, -0.05) is 6.08 Å². The minimum atomic E-state index is 0.394. The van der Waals surface area contributed by atoms with E-state index in [2.05, 4.69) is 32.9 Å². The van der Waals surface area contributed by atoms with Crippen molar-refractivity contribution < 1.29 is 4.74 Å². The molecule has 2 fully saturated rings. The highest BCUT2D eigenvalue weighted by Crippen LogP contribution is 2.31. The van der Waals surface area contributed by atoms with Crippen molar-refractivity contribution in [2.45, 2.75) is 31.3 Å². The number of anilines is 1. The molecule has 0 saturated carbocycles. The van der Waals surface area contributed by atoms with Gasteiger partial charge in [0.25, 0.3) is 0 Å². The Morgan fingerprint density at radius 3 is 2.62 bits per heavy atom. The highest BCUT2D eigenvalue weighted by molar-refractivity contribution is 5.67. The predicted molar refractivity (Wildman–Crippen MR) is 82.2 cm³/mol. The second-order valence-electron chi connectivity index (χ2n) is 6.29. The van der Waals surface area contributed by atoms with E-state index < -0.39 is 0 Å². The van der Waals surface area contributed by atoms with Crippen molar-refractivity contribution in [1.29, 1.82) is 0 Å². The van der Waals surface area contributed by atoms with Crippen LogP contribution in [0, 0.1) is 0 Å². The van der Waals surface area contributed by atoms with Gasteiger partial charge in [0.15, 0.2) is 0 Å². The molecule has 1 aromatic heterocycles. The zero-order valence-electron chi connectivity index (χ0n) is 12.5. The summed E-state index contributed by atoms with van der Waals surface area (Å²) >= 11 is 0. The molecule has 2 unspecified atom stereocenters. The Morgan fingerprint density at radius 1 is 1.14 bits per heavy atom. The Labute approximate surface area is 125 Å². The number of fused-ring (bicyclic) bond motifs is 2. The minimum Gasteiger partial charge on any atom is -0.378 e. The lowest BCUT2D eigenvalue weighted by molar-refractivity contribution is -0.0221. The average Bonchev–Trinajstić information content (AvgIpc) is 3.01. The van der Waals surface area contributed by atoms with Gasteiger partial charge in [-0.3, -0.25) is 4.90 Å². The highest BCUT2D eigenvalue weighted by atomic mass is 16.5. The van der Waals surface area contributed by atoms with Gasteiger partial charge in [-0.25, -0.2) is 9.97 Å². The van der Waals surface area contributed by atoms with Gasteiger partial charge >= 0.3 is 0 Å².